The monoisotopic (exact) mass is 335 g/mol. The standard InChI is InChI=1S/C17H25N3O2S/c1-5-20-13-9-7-6-8-12(13)19-16(20)23-11-15(22)18-10-14(21)17(2,3)4/h6-9,14,21H,5,10-11H2,1-4H3,(H,18,22). The number of imidazole rings is 1. The van der Waals surface area contributed by atoms with Crippen molar-refractivity contribution in [2.24, 2.45) is 5.41 Å². The van der Waals surface area contributed by atoms with Crippen molar-refractivity contribution in [3.63, 3.8) is 0 Å². The summed E-state index contributed by atoms with van der Waals surface area (Å²) >= 11 is 1.42. The number of hydrogen-bond donors (Lipinski definition) is 2. The van der Waals surface area contributed by atoms with Crippen LogP contribution in [0, 0.1) is 5.41 Å². The SMILES string of the molecule is CCn1c(SCC(=O)NCC(O)C(C)(C)C)nc2ccccc21. The lowest BCUT2D eigenvalue weighted by Gasteiger charge is -2.25. The summed E-state index contributed by atoms with van der Waals surface area (Å²) < 4.78 is 2.11. The highest BCUT2D eigenvalue weighted by Gasteiger charge is 2.22. The number of nitrogens with one attached hydrogen (secondary N) is 1. The largest absolute Gasteiger partial charge is 0.391 e. The van der Waals surface area contributed by atoms with E-state index < -0.39 is 6.10 Å². The van der Waals surface area contributed by atoms with Gasteiger partial charge in [0.25, 0.3) is 0 Å². The molecule has 1 atom stereocenters. The third kappa shape index (κ3) is 4.48. The number of nitrogens with zero attached hydrogens (tertiary/aromatic N) is 2. The Labute approximate surface area is 141 Å². The second kappa shape index (κ2) is 7.36. The first-order valence-electron chi connectivity index (χ1n) is 7.85. The zero-order chi connectivity index (χ0) is 17.0. The van der Waals surface area contributed by atoms with Gasteiger partial charge in [-0.15, -0.1) is 0 Å². The van der Waals surface area contributed by atoms with E-state index >= 15 is 0 Å². The molecule has 1 aromatic heterocycles. The van der Waals surface area contributed by atoms with E-state index in [9.17, 15) is 9.90 Å². The van der Waals surface area contributed by atoms with Crippen LogP contribution in [0.4, 0.5) is 0 Å². The second-order valence-corrected chi connectivity index (χ2v) is 7.54. The Balaban J connectivity index is 1.94. The molecule has 0 aliphatic rings. The maximum atomic E-state index is 12.0. The molecule has 0 saturated heterocycles. The molecule has 1 heterocycles. The van der Waals surface area contributed by atoms with Crippen LogP contribution < -0.4 is 5.32 Å². The summed E-state index contributed by atoms with van der Waals surface area (Å²) in [5.74, 6) is 0.202. The number of benzene rings is 1. The van der Waals surface area contributed by atoms with Crippen LogP contribution in [-0.2, 0) is 11.3 Å². The van der Waals surface area contributed by atoms with Crippen molar-refractivity contribution < 1.29 is 9.90 Å². The van der Waals surface area contributed by atoms with Crippen molar-refractivity contribution >= 4 is 28.7 Å². The molecule has 1 aromatic carbocycles. The molecule has 6 heteroatoms. The van der Waals surface area contributed by atoms with E-state index in [-0.39, 0.29) is 17.9 Å². The van der Waals surface area contributed by atoms with E-state index in [4.69, 9.17) is 0 Å². The summed E-state index contributed by atoms with van der Waals surface area (Å²) in [5.41, 5.74) is 1.79. The molecule has 0 saturated carbocycles. The van der Waals surface area contributed by atoms with Crippen molar-refractivity contribution in [3.8, 4) is 0 Å². The number of thioether (sulfide) groups is 1. The Kier molecular flexibility index (Phi) is 5.70. The Bertz CT molecular complexity index is 676. The second-order valence-electron chi connectivity index (χ2n) is 6.60. The maximum absolute atomic E-state index is 12.0. The minimum Gasteiger partial charge on any atom is -0.391 e. The summed E-state index contributed by atoms with van der Waals surface area (Å²) in [6.45, 7) is 8.99. The molecule has 1 amide bonds. The lowest BCUT2D eigenvalue weighted by molar-refractivity contribution is -0.119. The minimum absolute atomic E-state index is 0.0898. The molecule has 2 rings (SSSR count). The van der Waals surface area contributed by atoms with Gasteiger partial charge in [-0.25, -0.2) is 4.98 Å². The predicted octanol–water partition coefficient (Wildman–Crippen LogP) is 2.67. The molecule has 0 spiro atoms. The van der Waals surface area contributed by atoms with Crippen molar-refractivity contribution in [1.29, 1.82) is 0 Å². The molecule has 2 N–H and O–H groups in total. The molecular weight excluding hydrogens is 310 g/mol. The number of aliphatic hydroxyl groups excluding tert-OH is 1. The first-order valence-corrected chi connectivity index (χ1v) is 8.84. The molecule has 5 nitrogen and oxygen atoms in total. The highest BCUT2D eigenvalue weighted by atomic mass is 32.2. The van der Waals surface area contributed by atoms with Crippen LogP contribution in [0.5, 0.6) is 0 Å². The Morgan fingerprint density at radius 1 is 1.39 bits per heavy atom. The average Bonchev–Trinajstić information content (AvgIpc) is 2.86. The number of aryl methyl sites for hydroxylation is 1. The summed E-state index contributed by atoms with van der Waals surface area (Å²) in [6.07, 6.45) is -0.559. The number of carbonyl (C=O) groups is 1. The lowest BCUT2D eigenvalue weighted by Crippen LogP contribution is -2.39. The summed E-state index contributed by atoms with van der Waals surface area (Å²) in [7, 11) is 0. The van der Waals surface area contributed by atoms with Crippen LogP contribution in [0.1, 0.15) is 27.7 Å². The fourth-order valence-electron chi connectivity index (χ4n) is 2.17. The number of para-hydroxylation sites is 2. The van der Waals surface area contributed by atoms with Gasteiger partial charge in [-0.2, -0.15) is 0 Å². The maximum Gasteiger partial charge on any atom is 0.230 e. The number of hydrogen-bond acceptors (Lipinski definition) is 4. The normalized spacial score (nSPS) is 13.3. The van der Waals surface area contributed by atoms with E-state index in [0.29, 0.717) is 5.75 Å². The third-order valence-corrected chi connectivity index (χ3v) is 4.74. The first-order chi connectivity index (χ1) is 10.8. The number of carbonyl (C=O) groups excluding carboxylic acids is 1. The molecule has 0 aliphatic carbocycles. The van der Waals surface area contributed by atoms with E-state index in [1.54, 1.807) is 0 Å². The lowest BCUT2D eigenvalue weighted by atomic mass is 9.89. The number of fused-ring (bicyclic) bond motifs is 1. The molecule has 0 radical (unpaired) electrons. The van der Waals surface area contributed by atoms with Crippen LogP contribution in [0.3, 0.4) is 0 Å². The van der Waals surface area contributed by atoms with Crippen LogP contribution in [0.25, 0.3) is 11.0 Å². The Morgan fingerprint density at radius 3 is 2.74 bits per heavy atom. The van der Waals surface area contributed by atoms with Crippen LogP contribution in [0.2, 0.25) is 0 Å². The topological polar surface area (TPSA) is 67.2 Å². The molecule has 0 aliphatic heterocycles. The van der Waals surface area contributed by atoms with Gasteiger partial charge in [-0.1, -0.05) is 44.7 Å². The minimum atomic E-state index is -0.559. The number of amides is 1. The van der Waals surface area contributed by atoms with E-state index in [0.717, 1.165) is 22.7 Å². The molecule has 1 unspecified atom stereocenters. The Hall–Kier alpha value is -1.53. The summed E-state index contributed by atoms with van der Waals surface area (Å²) in [5, 5.41) is 13.6. The molecule has 2 aromatic rings. The quantitative estimate of drug-likeness (QED) is 0.797. The highest BCUT2D eigenvalue weighted by Crippen LogP contribution is 2.24. The van der Waals surface area contributed by atoms with Crippen LogP contribution >= 0.6 is 11.8 Å². The van der Waals surface area contributed by atoms with Gasteiger partial charge in [-0.05, 0) is 24.5 Å². The fraction of sp³-hybridized carbons (Fsp3) is 0.529. The fourth-order valence-corrected chi connectivity index (χ4v) is 3.08. The summed E-state index contributed by atoms with van der Waals surface area (Å²) in [6, 6.07) is 7.97. The van der Waals surface area contributed by atoms with Gasteiger partial charge in [0, 0.05) is 13.1 Å². The first kappa shape index (κ1) is 17.8. The number of aliphatic hydroxyl groups is 1. The molecular formula is C17H25N3O2S. The van der Waals surface area contributed by atoms with Crippen molar-refractivity contribution in [3.05, 3.63) is 24.3 Å². The predicted molar refractivity (Wildman–Crippen MR) is 94.6 cm³/mol. The zero-order valence-electron chi connectivity index (χ0n) is 14.2. The van der Waals surface area contributed by atoms with E-state index in [2.05, 4.69) is 21.8 Å². The number of rotatable bonds is 6. The van der Waals surface area contributed by atoms with Crippen molar-refractivity contribution in [1.82, 2.24) is 14.9 Å². The van der Waals surface area contributed by atoms with Gasteiger partial charge in [0.1, 0.15) is 0 Å². The van der Waals surface area contributed by atoms with Gasteiger partial charge < -0.3 is 15.0 Å². The zero-order valence-corrected chi connectivity index (χ0v) is 15.0. The van der Waals surface area contributed by atoms with Gasteiger partial charge in [0.15, 0.2) is 5.16 Å². The molecule has 0 fully saturated rings. The van der Waals surface area contributed by atoms with Gasteiger partial charge in [0.2, 0.25) is 5.91 Å². The van der Waals surface area contributed by atoms with Gasteiger partial charge in [-0.3, -0.25) is 4.79 Å². The molecule has 126 valence electrons. The summed E-state index contributed by atoms with van der Waals surface area (Å²) in [4.78, 5) is 16.6. The smallest absolute Gasteiger partial charge is 0.230 e. The van der Waals surface area contributed by atoms with E-state index in [1.807, 2.05) is 45.0 Å². The van der Waals surface area contributed by atoms with Crippen molar-refractivity contribution in [2.75, 3.05) is 12.3 Å². The highest BCUT2D eigenvalue weighted by molar-refractivity contribution is 7.99. The molecule has 0 bridgehead atoms. The third-order valence-electron chi connectivity index (χ3n) is 3.76. The van der Waals surface area contributed by atoms with Gasteiger partial charge >= 0.3 is 0 Å². The van der Waals surface area contributed by atoms with Crippen molar-refractivity contribution in [2.45, 2.75) is 45.5 Å². The average molecular weight is 335 g/mol. The van der Waals surface area contributed by atoms with E-state index in [1.165, 1.54) is 11.8 Å². The number of aromatic nitrogens is 2. The van der Waals surface area contributed by atoms with Crippen LogP contribution in [-0.4, -0.2) is 39.0 Å². The van der Waals surface area contributed by atoms with Crippen LogP contribution in [0.15, 0.2) is 29.4 Å². The Morgan fingerprint density at radius 2 is 2.09 bits per heavy atom. The van der Waals surface area contributed by atoms with Gasteiger partial charge in [0.05, 0.1) is 22.9 Å². The molecule has 23 heavy (non-hydrogen) atoms.